The summed E-state index contributed by atoms with van der Waals surface area (Å²) < 4.78 is 0. The summed E-state index contributed by atoms with van der Waals surface area (Å²) in [6.45, 7) is 0.911. The number of aliphatic carboxylic acids is 1. The molecular formula is C17H18N2O2S. The van der Waals surface area contributed by atoms with Crippen LogP contribution in [-0.2, 0) is 17.9 Å². The monoisotopic (exact) mass is 314 g/mol. The maximum Gasteiger partial charge on any atom is 0.323 e. The highest BCUT2D eigenvalue weighted by molar-refractivity contribution is 7.80. The number of carbonyl (C=O) groups is 1. The van der Waals surface area contributed by atoms with Crippen LogP contribution in [0.25, 0.3) is 0 Å². The first-order chi connectivity index (χ1) is 10.6. The number of nitrogens with one attached hydrogen (secondary N) is 1. The fourth-order valence-corrected chi connectivity index (χ4v) is 2.25. The second kappa shape index (κ2) is 8.14. The van der Waals surface area contributed by atoms with Crippen molar-refractivity contribution in [3.05, 3.63) is 71.8 Å². The molecule has 0 amide bonds. The van der Waals surface area contributed by atoms with Crippen LogP contribution in [0, 0.1) is 0 Å². The quantitative estimate of drug-likeness (QED) is 0.803. The normalized spacial score (nSPS) is 10.0. The molecule has 0 saturated carbocycles. The maximum absolute atomic E-state index is 11.0. The van der Waals surface area contributed by atoms with E-state index in [0.717, 1.165) is 11.1 Å². The van der Waals surface area contributed by atoms with Gasteiger partial charge in [-0.05, 0) is 23.3 Å². The molecule has 0 aromatic heterocycles. The molecule has 0 aliphatic rings. The van der Waals surface area contributed by atoms with E-state index in [1.165, 1.54) is 0 Å². The Morgan fingerprint density at radius 2 is 1.55 bits per heavy atom. The highest BCUT2D eigenvalue weighted by atomic mass is 32.1. The molecule has 22 heavy (non-hydrogen) atoms. The Kier molecular flexibility index (Phi) is 5.91. The lowest BCUT2D eigenvalue weighted by Crippen LogP contribution is -2.41. The molecule has 2 aromatic rings. The van der Waals surface area contributed by atoms with Crippen LogP contribution >= 0.6 is 12.2 Å². The van der Waals surface area contributed by atoms with E-state index in [2.05, 4.69) is 5.32 Å². The van der Waals surface area contributed by atoms with Gasteiger partial charge >= 0.3 is 5.97 Å². The van der Waals surface area contributed by atoms with E-state index in [1.807, 2.05) is 60.7 Å². The third-order valence-electron chi connectivity index (χ3n) is 3.12. The van der Waals surface area contributed by atoms with Crippen LogP contribution in [0.3, 0.4) is 0 Å². The molecule has 5 heteroatoms. The third kappa shape index (κ3) is 5.18. The Labute approximate surface area is 135 Å². The van der Waals surface area contributed by atoms with Crippen LogP contribution in [0.5, 0.6) is 0 Å². The fraction of sp³-hybridized carbons (Fsp3) is 0.176. The van der Waals surface area contributed by atoms with Gasteiger partial charge in [-0.25, -0.2) is 0 Å². The zero-order valence-corrected chi connectivity index (χ0v) is 12.9. The van der Waals surface area contributed by atoms with Gasteiger partial charge in [-0.3, -0.25) is 4.79 Å². The van der Waals surface area contributed by atoms with Crippen molar-refractivity contribution in [2.24, 2.45) is 0 Å². The van der Waals surface area contributed by atoms with Crippen molar-refractivity contribution < 1.29 is 9.90 Å². The highest BCUT2D eigenvalue weighted by Crippen LogP contribution is 2.06. The summed E-state index contributed by atoms with van der Waals surface area (Å²) in [6.07, 6.45) is 0. The summed E-state index contributed by atoms with van der Waals surface area (Å²) in [5, 5.41) is 12.6. The predicted molar refractivity (Wildman–Crippen MR) is 90.4 cm³/mol. The van der Waals surface area contributed by atoms with Crippen LogP contribution in [0.4, 0.5) is 0 Å². The molecule has 114 valence electrons. The predicted octanol–water partition coefficient (Wildman–Crippen LogP) is 2.65. The summed E-state index contributed by atoms with van der Waals surface area (Å²) >= 11 is 5.34. The lowest BCUT2D eigenvalue weighted by atomic mass is 10.2. The average molecular weight is 314 g/mol. The molecule has 4 nitrogen and oxygen atoms in total. The molecule has 0 radical (unpaired) electrons. The summed E-state index contributed by atoms with van der Waals surface area (Å²) in [6, 6.07) is 19.5. The number of nitrogens with zero attached hydrogens (tertiary/aromatic N) is 1. The lowest BCUT2D eigenvalue weighted by molar-refractivity contribution is -0.137. The molecule has 0 atom stereocenters. The number of carboxylic acid groups (broad SMARTS) is 1. The van der Waals surface area contributed by atoms with Gasteiger partial charge in [0.2, 0.25) is 0 Å². The first kappa shape index (κ1) is 16.0. The minimum atomic E-state index is -0.903. The van der Waals surface area contributed by atoms with Crippen LogP contribution in [0.1, 0.15) is 11.1 Å². The second-order valence-electron chi connectivity index (χ2n) is 4.88. The molecule has 0 spiro atoms. The second-order valence-corrected chi connectivity index (χ2v) is 5.27. The number of carboxylic acids is 1. The van der Waals surface area contributed by atoms with Gasteiger partial charge in [0.1, 0.15) is 6.54 Å². The summed E-state index contributed by atoms with van der Waals surface area (Å²) in [5.41, 5.74) is 2.12. The molecule has 2 aromatic carbocycles. The van der Waals surface area contributed by atoms with E-state index < -0.39 is 5.97 Å². The van der Waals surface area contributed by atoms with Crippen LogP contribution in [0.15, 0.2) is 60.7 Å². The van der Waals surface area contributed by atoms with E-state index in [0.29, 0.717) is 18.2 Å². The van der Waals surface area contributed by atoms with Gasteiger partial charge in [-0.2, -0.15) is 0 Å². The molecule has 0 aliphatic carbocycles. The molecule has 0 bridgehead atoms. The topological polar surface area (TPSA) is 52.6 Å². The standard InChI is InChI=1S/C17H18N2O2S/c20-16(21)13-19(12-15-9-5-2-6-10-15)17(22)18-11-14-7-3-1-4-8-14/h1-10H,11-13H2,(H,18,22)(H,20,21). The molecule has 0 unspecified atom stereocenters. The fourth-order valence-electron chi connectivity index (χ4n) is 2.05. The van der Waals surface area contributed by atoms with Gasteiger partial charge in [0.15, 0.2) is 5.11 Å². The molecule has 2 rings (SSSR count). The van der Waals surface area contributed by atoms with Crippen molar-refractivity contribution in [2.75, 3.05) is 6.54 Å². The Hall–Kier alpha value is -2.40. The van der Waals surface area contributed by atoms with Gasteiger partial charge in [-0.15, -0.1) is 0 Å². The highest BCUT2D eigenvalue weighted by Gasteiger charge is 2.13. The van der Waals surface area contributed by atoms with Crippen molar-refractivity contribution in [2.45, 2.75) is 13.1 Å². The van der Waals surface area contributed by atoms with Crippen molar-refractivity contribution in [3.8, 4) is 0 Å². The van der Waals surface area contributed by atoms with Crippen molar-refractivity contribution in [1.29, 1.82) is 0 Å². The lowest BCUT2D eigenvalue weighted by Gasteiger charge is -2.24. The Balaban J connectivity index is 1.98. The summed E-state index contributed by atoms with van der Waals surface area (Å²) in [7, 11) is 0. The first-order valence-corrected chi connectivity index (χ1v) is 7.38. The number of benzene rings is 2. The van der Waals surface area contributed by atoms with E-state index in [-0.39, 0.29) is 6.54 Å². The Bertz CT molecular complexity index is 617. The molecule has 2 N–H and O–H groups in total. The van der Waals surface area contributed by atoms with Crippen LogP contribution in [-0.4, -0.2) is 27.6 Å². The smallest absolute Gasteiger partial charge is 0.323 e. The van der Waals surface area contributed by atoms with E-state index >= 15 is 0 Å². The van der Waals surface area contributed by atoms with Crippen molar-refractivity contribution in [3.63, 3.8) is 0 Å². The average Bonchev–Trinajstić information content (AvgIpc) is 2.53. The largest absolute Gasteiger partial charge is 0.480 e. The van der Waals surface area contributed by atoms with Gasteiger partial charge in [0, 0.05) is 13.1 Å². The molecular weight excluding hydrogens is 296 g/mol. The minimum absolute atomic E-state index is 0.129. The Morgan fingerprint density at radius 1 is 1.00 bits per heavy atom. The van der Waals surface area contributed by atoms with Gasteiger partial charge in [0.05, 0.1) is 0 Å². The zero-order valence-electron chi connectivity index (χ0n) is 12.1. The third-order valence-corrected chi connectivity index (χ3v) is 3.52. The van der Waals surface area contributed by atoms with E-state index in [4.69, 9.17) is 17.3 Å². The molecule has 0 heterocycles. The van der Waals surface area contributed by atoms with E-state index in [9.17, 15) is 4.79 Å². The SMILES string of the molecule is O=C(O)CN(Cc1ccccc1)C(=S)NCc1ccccc1. The maximum atomic E-state index is 11.0. The number of thiocarbonyl (C=S) groups is 1. The Morgan fingerprint density at radius 3 is 2.09 bits per heavy atom. The molecule has 0 aliphatic heterocycles. The minimum Gasteiger partial charge on any atom is -0.480 e. The van der Waals surface area contributed by atoms with Gasteiger partial charge in [0.25, 0.3) is 0 Å². The number of hydrogen-bond acceptors (Lipinski definition) is 2. The van der Waals surface area contributed by atoms with E-state index in [1.54, 1.807) is 4.90 Å². The molecule has 0 saturated heterocycles. The van der Waals surface area contributed by atoms with Crippen molar-refractivity contribution in [1.82, 2.24) is 10.2 Å². The van der Waals surface area contributed by atoms with Crippen LogP contribution < -0.4 is 5.32 Å². The molecule has 0 fully saturated rings. The van der Waals surface area contributed by atoms with Crippen molar-refractivity contribution >= 4 is 23.3 Å². The zero-order chi connectivity index (χ0) is 15.8. The first-order valence-electron chi connectivity index (χ1n) is 6.97. The summed E-state index contributed by atoms with van der Waals surface area (Å²) in [5.74, 6) is -0.903. The number of rotatable bonds is 6. The summed E-state index contributed by atoms with van der Waals surface area (Å²) in [4.78, 5) is 12.7. The number of hydrogen-bond donors (Lipinski definition) is 2. The van der Waals surface area contributed by atoms with Crippen LogP contribution in [0.2, 0.25) is 0 Å². The van der Waals surface area contributed by atoms with Gasteiger partial charge < -0.3 is 15.3 Å². The van der Waals surface area contributed by atoms with Gasteiger partial charge in [-0.1, -0.05) is 60.7 Å².